The summed E-state index contributed by atoms with van der Waals surface area (Å²) in [6.07, 6.45) is 6.35. The van der Waals surface area contributed by atoms with Gasteiger partial charge in [0.2, 0.25) is 0 Å². The van der Waals surface area contributed by atoms with E-state index >= 15 is 0 Å². The molecule has 0 aromatic rings. The Morgan fingerprint density at radius 2 is 1.73 bits per heavy atom. The molecule has 0 aromatic heterocycles. The second-order valence-corrected chi connectivity index (χ2v) is 3.51. The summed E-state index contributed by atoms with van der Waals surface area (Å²) in [5.74, 6) is 0. The van der Waals surface area contributed by atoms with E-state index in [0.717, 1.165) is 25.0 Å². The SMILES string of the molecule is CCCCCCOCCCBr. The first-order chi connectivity index (χ1) is 5.41. The first-order valence-corrected chi connectivity index (χ1v) is 5.67. The van der Waals surface area contributed by atoms with E-state index in [2.05, 4.69) is 22.9 Å². The van der Waals surface area contributed by atoms with Crippen LogP contribution >= 0.6 is 15.9 Å². The molecule has 0 bridgehead atoms. The van der Waals surface area contributed by atoms with Gasteiger partial charge < -0.3 is 4.74 Å². The molecule has 0 aromatic carbocycles. The number of alkyl halides is 1. The highest BCUT2D eigenvalue weighted by atomic mass is 79.9. The average molecular weight is 223 g/mol. The molecule has 1 nitrogen and oxygen atoms in total. The molecule has 11 heavy (non-hydrogen) atoms. The lowest BCUT2D eigenvalue weighted by atomic mass is 10.2. The normalized spacial score (nSPS) is 10.4. The van der Waals surface area contributed by atoms with Gasteiger partial charge in [0.1, 0.15) is 0 Å². The van der Waals surface area contributed by atoms with Crippen LogP contribution in [0.3, 0.4) is 0 Å². The van der Waals surface area contributed by atoms with Gasteiger partial charge in [0, 0.05) is 18.5 Å². The Morgan fingerprint density at radius 1 is 1.00 bits per heavy atom. The van der Waals surface area contributed by atoms with E-state index < -0.39 is 0 Å². The summed E-state index contributed by atoms with van der Waals surface area (Å²) in [4.78, 5) is 0. The molecule has 0 spiro atoms. The lowest BCUT2D eigenvalue weighted by Gasteiger charge is -2.01. The second-order valence-electron chi connectivity index (χ2n) is 2.72. The molecular formula is C9H19BrO. The molecule has 0 saturated carbocycles. The third-order valence-corrected chi connectivity index (χ3v) is 2.13. The van der Waals surface area contributed by atoms with Crippen LogP contribution in [0.4, 0.5) is 0 Å². The Labute approximate surface area is 78.6 Å². The van der Waals surface area contributed by atoms with Crippen molar-refractivity contribution in [1.82, 2.24) is 0 Å². The number of unbranched alkanes of at least 4 members (excludes halogenated alkanes) is 3. The predicted octanol–water partition coefficient (Wildman–Crippen LogP) is 3.37. The van der Waals surface area contributed by atoms with E-state index in [1.54, 1.807) is 0 Å². The summed E-state index contributed by atoms with van der Waals surface area (Å²) in [5.41, 5.74) is 0. The fourth-order valence-electron chi connectivity index (χ4n) is 0.890. The van der Waals surface area contributed by atoms with Crippen LogP contribution in [0.15, 0.2) is 0 Å². The van der Waals surface area contributed by atoms with Crippen molar-refractivity contribution in [3.05, 3.63) is 0 Å². The molecule has 0 N–H and O–H groups in total. The van der Waals surface area contributed by atoms with Crippen LogP contribution in [0.5, 0.6) is 0 Å². The van der Waals surface area contributed by atoms with Gasteiger partial charge in [-0.25, -0.2) is 0 Å². The Bertz CT molecular complexity index is 58.6. The van der Waals surface area contributed by atoms with Gasteiger partial charge in [-0.1, -0.05) is 42.1 Å². The molecule has 0 fully saturated rings. The Morgan fingerprint density at radius 3 is 2.36 bits per heavy atom. The molecule has 0 saturated heterocycles. The van der Waals surface area contributed by atoms with Crippen molar-refractivity contribution >= 4 is 15.9 Å². The lowest BCUT2D eigenvalue weighted by Crippen LogP contribution is -1.97. The maximum Gasteiger partial charge on any atom is 0.0474 e. The summed E-state index contributed by atoms with van der Waals surface area (Å²) >= 11 is 3.36. The molecule has 0 aliphatic rings. The first-order valence-electron chi connectivity index (χ1n) is 4.55. The minimum atomic E-state index is 0.914. The molecule has 0 heterocycles. The van der Waals surface area contributed by atoms with Crippen molar-refractivity contribution in [3.8, 4) is 0 Å². The molecule has 0 amide bonds. The van der Waals surface area contributed by atoms with Gasteiger partial charge in [0.25, 0.3) is 0 Å². The van der Waals surface area contributed by atoms with Crippen molar-refractivity contribution in [2.24, 2.45) is 0 Å². The van der Waals surface area contributed by atoms with E-state index in [0.29, 0.717) is 0 Å². The molecule has 0 atom stereocenters. The highest BCUT2D eigenvalue weighted by molar-refractivity contribution is 9.09. The molecule has 68 valence electrons. The number of rotatable bonds is 8. The van der Waals surface area contributed by atoms with Crippen LogP contribution in [-0.2, 0) is 4.74 Å². The van der Waals surface area contributed by atoms with Gasteiger partial charge in [0.15, 0.2) is 0 Å². The average Bonchev–Trinajstić information content (AvgIpc) is 2.03. The van der Waals surface area contributed by atoms with E-state index in [1.807, 2.05) is 0 Å². The third kappa shape index (κ3) is 10.4. The van der Waals surface area contributed by atoms with Gasteiger partial charge in [0.05, 0.1) is 0 Å². The minimum absolute atomic E-state index is 0.914. The van der Waals surface area contributed by atoms with Crippen molar-refractivity contribution in [2.75, 3.05) is 18.5 Å². The van der Waals surface area contributed by atoms with Gasteiger partial charge in [-0.3, -0.25) is 0 Å². The topological polar surface area (TPSA) is 9.23 Å². The molecule has 0 unspecified atom stereocenters. The zero-order valence-corrected chi connectivity index (χ0v) is 9.03. The predicted molar refractivity (Wildman–Crippen MR) is 53.4 cm³/mol. The molecular weight excluding hydrogens is 204 g/mol. The smallest absolute Gasteiger partial charge is 0.0474 e. The quantitative estimate of drug-likeness (QED) is 0.452. The van der Waals surface area contributed by atoms with Crippen LogP contribution in [0.2, 0.25) is 0 Å². The van der Waals surface area contributed by atoms with Crippen LogP contribution in [0.25, 0.3) is 0 Å². The number of hydrogen-bond donors (Lipinski definition) is 0. The summed E-state index contributed by atoms with van der Waals surface area (Å²) in [7, 11) is 0. The van der Waals surface area contributed by atoms with Crippen molar-refractivity contribution < 1.29 is 4.74 Å². The molecule has 0 rings (SSSR count). The van der Waals surface area contributed by atoms with Gasteiger partial charge in [-0.15, -0.1) is 0 Å². The van der Waals surface area contributed by atoms with E-state index in [1.165, 1.54) is 25.7 Å². The number of ether oxygens (including phenoxy) is 1. The van der Waals surface area contributed by atoms with Crippen molar-refractivity contribution in [2.45, 2.75) is 39.0 Å². The fraction of sp³-hybridized carbons (Fsp3) is 1.00. The van der Waals surface area contributed by atoms with Gasteiger partial charge in [-0.2, -0.15) is 0 Å². The Hall–Kier alpha value is 0.440. The summed E-state index contributed by atoms with van der Waals surface area (Å²) in [6.45, 7) is 4.09. The zero-order chi connectivity index (χ0) is 8.36. The summed E-state index contributed by atoms with van der Waals surface area (Å²) in [5, 5.41) is 1.06. The van der Waals surface area contributed by atoms with Crippen molar-refractivity contribution in [3.63, 3.8) is 0 Å². The number of halogens is 1. The van der Waals surface area contributed by atoms with Crippen LogP contribution in [0, 0.1) is 0 Å². The van der Waals surface area contributed by atoms with Crippen molar-refractivity contribution in [1.29, 1.82) is 0 Å². The first kappa shape index (κ1) is 11.4. The van der Waals surface area contributed by atoms with Crippen LogP contribution in [-0.4, -0.2) is 18.5 Å². The Balaban J connectivity index is 2.69. The molecule has 0 aliphatic carbocycles. The minimum Gasteiger partial charge on any atom is -0.381 e. The maximum absolute atomic E-state index is 5.39. The molecule has 0 aliphatic heterocycles. The maximum atomic E-state index is 5.39. The standard InChI is InChI=1S/C9H19BrO/c1-2-3-4-5-8-11-9-6-7-10/h2-9H2,1H3. The van der Waals surface area contributed by atoms with Crippen LogP contribution in [0.1, 0.15) is 39.0 Å². The molecule has 2 heteroatoms. The lowest BCUT2D eigenvalue weighted by molar-refractivity contribution is 0.131. The highest BCUT2D eigenvalue weighted by Crippen LogP contribution is 1.99. The van der Waals surface area contributed by atoms with E-state index in [9.17, 15) is 0 Å². The third-order valence-electron chi connectivity index (χ3n) is 1.56. The Kier molecular flexibility index (Phi) is 10.9. The summed E-state index contributed by atoms with van der Waals surface area (Å²) < 4.78 is 5.39. The summed E-state index contributed by atoms with van der Waals surface area (Å²) in [6, 6.07) is 0. The van der Waals surface area contributed by atoms with Gasteiger partial charge in [-0.05, 0) is 12.8 Å². The fourth-order valence-corrected chi connectivity index (χ4v) is 1.12. The monoisotopic (exact) mass is 222 g/mol. The van der Waals surface area contributed by atoms with E-state index in [-0.39, 0.29) is 0 Å². The molecule has 0 radical (unpaired) electrons. The van der Waals surface area contributed by atoms with Gasteiger partial charge >= 0.3 is 0 Å². The van der Waals surface area contributed by atoms with E-state index in [4.69, 9.17) is 4.74 Å². The largest absolute Gasteiger partial charge is 0.381 e. The second kappa shape index (κ2) is 10.4. The highest BCUT2D eigenvalue weighted by Gasteiger charge is 1.88. The number of hydrogen-bond acceptors (Lipinski definition) is 1. The van der Waals surface area contributed by atoms with Crippen LogP contribution < -0.4 is 0 Å². The zero-order valence-electron chi connectivity index (χ0n) is 7.44.